The zero-order valence-corrected chi connectivity index (χ0v) is 10.0. The van der Waals surface area contributed by atoms with E-state index in [0.717, 1.165) is 5.75 Å². The minimum absolute atomic E-state index is 0.0146. The van der Waals surface area contributed by atoms with Crippen molar-refractivity contribution in [3.63, 3.8) is 0 Å². The fourth-order valence-electron chi connectivity index (χ4n) is 0.880. The molecule has 2 atom stereocenters. The molecule has 0 rings (SSSR count). The molecule has 0 aliphatic heterocycles. The molecule has 0 aliphatic carbocycles. The highest BCUT2D eigenvalue weighted by molar-refractivity contribution is 7.98. The lowest BCUT2D eigenvalue weighted by Crippen LogP contribution is -2.35. The maximum absolute atomic E-state index is 11.3. The first-order valence-electron chi connectivity index (χ1n) is 4.88. The third-order valence-electron chi connectivity index (χ3n) is 1.93. The van der Waals surface area contributed by atoms with E-state index < -0.39 is 24.0 Å². The molecule has 0 aromatic carbocycles. The second kappa shape index (κ2) is 8.37. The number of thioether (sulfide) groups is 1. The molecule has 0 aromatic rings. The normalized spacial score (nSPS) is 14.2. The Morgan fingerprint density at radius 2 is 1.94 bits per heavy atom. The number of carbonyl (C=O) groups is 2. The van der Waals surface area contributed by atoms with Crippen molar-refractivity contribution in [3.8, 4) is 0 Å². The first-order chi connectivity index (χ1) is 7.49. The van der Waals surface area contributed by atoms with Crippen LogP contribution < -0.4 is 11.5 Å². The first-order valence-corrected chi connectivity index (χ1v) is 6.28. The smallest absolute Gasteiger partial charge is 0.322 e. The van der Waals surface area contributed by atoms with Crippen molar-refractivity contribution in [2.45, 2.75) is 24.9 Å². The molecule has 94 valence electrons. The van der Waals surface area contributed by atoms with Crippen molar-refractivity contribution in [1.82, 2.24) is 0 Å². The van der Waals surface area contributed by atoms with Gasteiger partial charge in [0.2, 0.25) is 0 Å². The monoisotopic (exact) mass is 250 g/mol. The maximum Gasteiger partial charge on any atom is 0.322 e. The van der Waals surface area contributed by atoms with Gasteiger partial charge in [-0.15, -0.1) is 0 Å². The number of carboxylic acid groups (broad SMARTS) is 1. The number of rotatable bonds is 8. The molecule has 0 radical (unpaired) electrons. The molecule has 6 nitrogen and oxygen atoms in total. The van der Waals surface area contributed by atoms with Crippen molar-refractivity contribution < 1.29 is 19.4 Å². The number of carbonyl (C=O) groups excluding carboxylic acids is 1. The second-order valence-corrected chi connectivity index (χ2v) is 4.27. The molecule has 0 amide bonds. The van der Waals surface area contributed by atoms with Crippen molar-refractivity contribution in [1.29, 1.82) is 0 Å². The Balaban J connectivity index is 3.68. The van der Waals surface area contributed by atoms with Gasteiger partial charge in [-0.05, 0) is 18.4 Å². The molecule has 0 heterocycles. The summed E-state index contributed by atoms with van der Waals surface area (Å²) in [5.74, 6) is -0.834. The number of carboxylic acids is 1. The Morgan fingerprint density at radius 1 is 1.31 bits per heavy atom. The largest absolute Gasteiger partial charge is 0.480 e. The van der Waals surface area contributed by atoms with E-state index in [9.17, 15) is 9.59 Å². The molecule has 7 heteroatoms. The van der Waals surface area contributed by atoms with E-state index in [0.29, 0.717) is 6.42 Å². The molecule has 0 aliphatic rings. The molecule has 0 spiro atoms. The van der Waals surface area contributed by atoms with Crippen LogP contribution in [0.4, 0.5) is 0 Å². The van der Waals surface area contributed by atoms with Crippen LogP contribution in [0.15, 0.2) is 0 Å². The summed E-state index contributed by atoms with van der Waals surface area (Å²) in [6, 6.07) is -1.65. The Hall–Kier alpha value is -0.790. The predicted molar refractivity (Wildman–Crippen MR) is 62.2 cm³/mol. The lowest BCUT2D eigenvalue weighted by atomic mass is 10.2. The van der Waals surface area contributed by atoms with E-state index in [1.807, 2.05) is 6.26 Å². The lowest BCUT2D eigenvalue weighted by molar-refractivity contribution is -0.147. The number of ether oxygens (including phenoxy) is 1. The van der Waals surface area contributed by atoms with Gasteiger partial charge in [-0.1, -0.05) is 0 Å². The third kappa shape index (κ3) is 6.65. The van der Waals surface area contributed by atoms with E-state index in [1.54, 1.807) is 11.8 Å². The van der Waals surface area contributed by atoms with Gasteiger partial charge in [0, 0.05) is 6.42 Å². The zero-order valence-electron chi connectivity index (χ0n) is 9.22. The quantitative estimate of drug-likeness (QED) is 0.493. The number of nitrogens with two attached hydrogens (primary N) is 2. The molecular weight excluding hydrogens is 232 g/mol. The van der Waals surface area contributed by atoms with Gasteiger partial charge in [0.1, 0.15) is 12.1 Å². The van der Waals surface area contributed by atoms with E-state index in [2.05, 4.69) is 0 Å². The minimum atomic E-state index is -1.11. The molecule has 0 saturated heterocycles. The van der Waals surface area contributed by atoms with Gasteiger partial charge in [-0.25, -0.2) is 0 Å². The lowest BCUT2D eigenvalue weighted by Gasteiger charge is -2.11. The molecule has 16 heavy (non-hydrogen) atoms. The summed E-state index contributed by atoms with van der Waals surface area (Å²) in [5, 5.41) is 8.48. The maximum atomic E-state index is 11.3. The summed E-state index contributed by atoms with van der Waals surface area (Å²) in [7, 11) is 0. The van der Waals surface area contributed by atoms with Crippen LogP contribution in [0.25, 0.3) is 0 Å². The SMILES string of the molecule is CSCC[C@H](N)C(=O)OCC[C@H](N)C(=O)O. The van der Waals surface area contributed by atoms with Gasteiger partial charge in [0.15, 0.2) is 0 Å². The van der Waals surface area contributed by atoms with Crippen LogP contribution in [0.1, 0.15) is 12.8 Å². The van der Waals surface area contributed by atoms with Crippen molar-refractivity contribution in [2.24, 2.45) is 11.5 Å². The summed E-state index contributed by atoms with van der Waals surface area (Å²) in [6.45, 7) is -0.0146. The standard InChI is InChI=1S/C9H18N2O4S/c1-16-5-3-7(11)9(14)15-4-2-6(10)8(12)13/h6-7H,2-5,10-11H2,1H3,(H,12,13)/t6-,7-/m0/s1. The zero-order chi connectivity index (χ0) is 12.6. The van der Waals surface area contributed by atoms with Gasteiger partial charge in [0.25, 0.3) is 0 Å². The second-order valence-electron chi connectivity index (χ2n) is 3.29. The van der Waals surface area contributed by atoms with Crippen LogP contribution in [0.5, 0.6) is 0 Å². The summed E-state index contributed by atoms with van der Waals surface area (Å²) in [6.07, 6.45) is 2.56. The average molecular weight is 250 g/mol. The number of esters is 1. The van der Waals surface area contributed by atoms with Crippen LogP contribution in [-0.4, -0.2) is 47.7 Å². The third-order valence-corrected chi connectivity index (χ3v) is 2.57. The number of hydrogen-bond donors (Lipinski definition) is 3. The van der Waals surface area contributed by atoms with E-state index in [-0.39, 0.29) is 13.0 Å². The van der Waals surface area contributed by atoms with Crippen LogP contribution >= 0.6 is 11.8 Å². The fourth-order valence-corrected chi connectivity index (χ4v) is 1.37. The topological polar surface area (TPSA) is 116 Å². The van der Waals surface area contributed by atoms with Gasteiger partial charge in [-0.3, -0.25) is 9.59 Å². The van der Waals surface area contributed by atoms with E-state index >= 15 is 0 Å². The van der Waals surface area contributed by atoms with E-state index in [1.165, 1.54) is 0 Å². The van der Waals surface area contributed by atoms with Crippen LogP contribution in [-0.2, 0) is 14.3 Å². The Morgan fingerprint density at radius 3 is 2.44 bits per heavy atom. The molecular formula is C9H18N2O4S. The molecule has 0 bridgehead atoms. The van der Waals surface area contributed by atoms with Crippen molar-refractivity contribution in [3.05, 3.63) is 0 Å². The fraction of sp³-hybridized carbons (Fsp3) is 0.778. The Bertz CT molecular complexity index is 238. The van der Waals surface area contributed by atoms with Crippen molar-refractivity contribution >= 4 is 23.7 Å². The van der Waals surface area contributed by atoms with Crippen LogP contribution in [0.2, 0.25) is 0 Å². The molecule has 0 aromatic heterocycles. The molecule has 0 saturated carbocycles. The minimum Gasteiger partial charge on any atom is -0.480 e. The van der Waals surface area contributed by atoms with Crippen molar-refractivity contribution in [2.75, 3.05) is 18.6 Å². The van der Waals surface area contributed by atoms with Gasteiger partial charge >= 0.3 is 11.9 Å². The summed E-state index contributed by atoms with van der Waals surface area (Å²) >= 11 is 1.59. The highest BCUT2D eigenvalue weighted by Gasteiger charge is 2.16. The van der Waals surface area contributed by atoms with Gasteiger partial charge < -0.3 is 21.3 Å². The first kappa shape index (κ1) is 15.2. The predicted octanol–water partition coefficient (Wildman–Crippen LogP) is -0.588. The summed E-state index contributed by atoms with van der Waals surface area (Å²) in [4.78, 5) is 21.6. The molecule has 0 fully saturated rings. The Kier molecular flexibility index (Phi) is 7.96. The molecule has 5 N–H and O–H groups in total. The number of aliphatic carboxylic acids is 1. The van der Waals surface area contributed by atoms with E-state index in [4.69, 9.17) is 21.3 Å². The summed E-state index contributed by atoms with van der Waals surface area (Å²) in [5.41, 5.74) is 10.8. The van der Waals surface area contributed by atoms with Gasteiger partial charge in [-0.2, -0.15) is 11.8 Å². The van der Waals surface area contributed by atoms with Gasteiger partial charge in [0.05, 0.1) is 6.61 Å². The average Bonchev–Trinajstić information content (AvgIpc) is 2.25. The highest BCUT2D eigenvalue weighted by atomic mass is 32.2. The summed E-state index contributed by atoms with van der Waals surface area (Å²) < 4.78 is 4.81. The van der Waals surface area contributed by atoms with Crippen LogP contribution in [0.3, 0.4) is 0 Å². The Labute approximate surface area is 98.7 Å². The number of hydrogen-bond acceptors (Lipinski definition) is 6. The molecule has 0 unspecified atom stereocenters. The highest BCUT2D eigenvalue weighted by Crippen LogP contribution is 2.01. The van der Waals surface area contributed by atoms with Crippen LogP contribution in [0, 0.1) is 0 Å².